The minimum absolute atomic E-state index is 0.935. The molecule has 5 aromatic rings. The molecule has 0 aliphatic heterocycles. The van der Waals surface area contributed by atoms with Crippen molar-refractivity contribution in [1.29, 1.82) is 0 Å². The molecule has 5 rings (SSSR count). The lowest BCUT2D eigenvalue weighted by atomic mass is 9.94. The number of hydrogen-bond donors (Lipinski definition) is 0. The molecule has 0 saturated heterocycles. The van der Waals surface area contributed by atoms with E-state index in [0.29, 0.717) is 0 Å². The minimum Gasteiger partial charge on any atom is -0.0990 e. The molecule has 0 aromatic heterocycles. The van der Waals surface area contributed by atoms with Gasteiger partial charge in [0.2, 0.25) is 0 Å². The molecule has 0 amide bonds. The maximum Gasteiger partial charge on any atom is -0.0105 e. The van der Waals surface area contributed by atoms with E-state index in [9.17, 15) is 0 Å². The average Bonchev–Trinajstić information content (AvgIpc) is 3.20. The number of hydrogen-bond acceptors (Lipinski definition) is 0. The van der Waals surface area contributed by atoms with Gasteiger partial charge < -0.3 is 0 Å². The first-order valence-corrected chi connectivity index (χ1v) is 18.4. The van der Waals surface area contributed by atoms with Crippen molar-refractivity contribution in [2.45, 2.75) is 54.4 Å². The van der Waals surface area contributed by atoms with Crippen LogP contribution < -0.4 is 0 Å². The summed E-state index contributed by atoms with van der Waals surface area (Å²) in [5.74, 6) is 0.935. The van der Waals surface area contributed by atoms with Gasteiger partial charge in [0, 0.05) is 0 Å². The van der Waals surface area contributed by atoms with Gasteiger partial charge in [0.25, 0.3) is 0 Å². The molecule has 0 saturated carbocycles. The third-order valence-corrected chi connectivity index (χ3v) is 8.78. The van der Waals surface area contributed by atoms with Gasteiger partial charge >= 0.3 is 0 Å². The van der Waals surface area contributed by atoms with Crippen LogP contribution >= 0.6 is 0 Å². The molecular weight excluding hydrogens is 613 g/mol. The summed E-state index contributed by atoms with van der Waals surface area (Å²) in [7, 11) is 0. The molecule has 0 fully saturated rings. The van der Waals surface area contributed by atoms with Gasteiger partial charge in [-0.2, -0.15) is 0 Å². The molecule has 0 atom stereocenters. The lowest BCUT2D eigenvalue weighted by Crippen LogP contribution is -1.89. The molecule has 0 nitrogen and oxygen atoms in total. The summed E-state index contributed by atoms with van der Waals surface area (Å²) in [6, 6.07) is 49.0. The summed E-state index contributed by atoms with van der Waals surface area (Å²) < 4.78 is 0. The monoisotopic (exact) mass is 668 g/mol. The molecule has 51 heavy (non-hydrogen) atoms. The van der Waals surface area contributed by atoms with Crippen LogP contribution in [0, 0.1) is 5.92 Å². The zero-order valence-electron chi connectivity index (χ0n) is 31.6. The van der Waals surface area contributed by atoms with Crippen molar-refractivity contribution in [2.24, 2.45) is 5.92 Å². The highest BCUT2D eigenvalue weighted by Crippen LogP contribution is 2.29. The number of benzene rings is 5. The molecule has 0 spiro atoms. The Morgan fingerprint density at radius 2 is 0.941 bits per heavy atom. The van der Waals surface area contributed by atoms with Crippen molar-refractivity contribution in [1.82, 2.24) is 0 Å². The maximum atomic E-state index is 4.02. The van der Waals surface area contributed by atoms with Gasteiger partial charge in [0.15, 0.2) is 0 Å². The van der Waals surface area contributed by atoms with Crippen LogP contribution in [0.3, 0.4) is 0 Å². The van der Waals surface area contributed by atoms with E-state index in [2.05, 4.69) is 193 Å². The molecule has 0 unspecified atom stereocenters. The van der Waals surface area contributed by atoms with Crippen LogP contribution in [0.4, 0.5) is 0 Å². The molecule has 5 aromatic carbocycles. The quantitative estimate of drug-likeness (QED) is 0.0917. The van der Waals surface area contributed by atoms with Crippen LogP contribution in [0.25, 0.3) is 34.9 Å². The third-order valence-electron chi connectivity index (χ3n) is 8.78. The largest absolute Gasteiger partial charge is 0.0990 e. The Morgan fingerprint density at radius 3 is 1.35 bits per heavy atom. The molecule has 0 bridgehead atoms. The second-order valence-corrected chi connectivity index (χ2v) is 12.3. The lowest BCUT2D eigenvalue weighted by molar-refractivity contribution is 0.544. The highest BCUT2D eigenvalue weighted by molar-refractivity contribution is 5.94. The highest BCUT2D eigenvalue weighted by Gasteiger charge is 2.07. The molecule has 0 aliphatic rings. The van der Waals surface area contributed by atoms with Crippen molar-refractivity contribution >= 4 is 34.9 Å². The van der Waals surface area contributed by atoms with Crippen LogP contribution in [0.2, 0.25) is 0 Å². The summed E-state index contributed by atoms with van der Waals surface area (Å²) >= 11 is 0. The summed E-state index contributed by atoms with van der Waals surface area (Å²) in [6.45, 7) is 20.8. The third kappa shape index (κ3) is 12.7. The molecule has 0 N–H and O–H groups in total. The van der Waals surface area contributed by atoms with Crippen LogP contribution in [0.1, 0.15) is 93.3 Å². The predicted molar refractivity (Wildman–Crippen MR) is 230 cm³/mol. The van der Waals surface area contributed by atoms with E-state index in [4.69, 9.17) is 0 Å². The van der Waals surface area contributed by atoms with Crippen molar-refractivity contribution in [2.75, 3.05) is 0 Å². The van der Waals surface area contributed by atoms with Gasteiger partial charge in [-0.25, -0.2) is 0 Å². The van der Waals surface area contributed by atoms with Crippen molar-refractivity contribution in [3.8, 4) is 0 Å². The van der Waals surface area contributed by atoms with E-state index in [0.717, 1.165) is 28.2 Å². The van der Waals surface area contributed by atoms with Gasteiger partial charge in [-0.3, -0.25) is 0 Å². The van der Waals surface area contributed by atoms with Crippen LogP contribution in [0.5, 0.6) is 0 Å². The zero-order valence-corrected chi connectivity index (χ0v) is 31.6. The summed E-state index contributed by atoms with van der Waals surface area (Å²) in [6.07, 6.45) is 15.1. The fourth-order valence-electron chi connectivity index (χ4n) is 5.40. The van der Waals surface area contributed by atoms with Crippen LogP contribution in [-0.2, 0) is 0 Å². The van der Waals surface area contributed by atoms with Gasteiger partial charge in [0.05, 0.1) is 0 Å². The Balaban J connectivity index is 0.000000796. The minimum atomic E-state index is 0.935. The molecule has 0 aliphatic carbocycles. The molecular formula is C51H56. The molecule has 0 heteroatoms. The Hall–Kier alpha value is -5.46. The first kappa shape index (κ1) is 40.0. The Kier molecular flexibility index (Phi) is 17.5. The van der Waals surface area contributed by atoms with E-state index in [-0.39, 0.29) is 0 Å². The van der Waals surface area contributed by atoms with E-state index in [1.54, 1.807) is 6.08 Å². The van der Waals surface area contributed by atoms with Gasteiger partial charge in [-0.1, -0.05) is 224 Å². The topological polar surface area (TPSA) is 0 Å². The van der Waals surface area contributed by atoms with Gasteiger partial charge in [-0.05, 0) is 86.2 Å². The first-order valence-electron chi connectivity index (χ1n) is 18.4. The number of allylic oxidation sites excluding steroid dienone is 6. The predicted octanol–water partition coefficient (Wildman–Crippen LogP) is 15.1. The molecule has 260 valence electrons. The normalized spacial score (nSPS) is 11.4. The van der Waals surface area contributed by atoms with E-state index >= 15 is 0 Å². The zero-order chi connectivity index (χ0) is 36.8. The Bertz CT molecular complexity index is 1820. The second kappa shape index (κ2) is 22.3. The standard InChI is InChI=1S/C43H36.C6H14.C2H6/c1-4-15-37(5-2)42(39-16-9-6-10-17-39)31-36-26-28-38(29-27-36)33(3)30-34-22-24-35(25-23-34)32-43(40-18-11-7-12-19-40)41-20-13-8-14-21-41;1-4-6(3)5-2;1-2/h4-32H,1-2H2,3H3;6H,4-5H2,1-3H3;1-2H3/b33-30+,37-15+,42-31+;;. The summed E-state index contributed by atoms with van der Waals surface area (Å²) in [4.78, 5) is 0. The average molecular weight is 669 g/mol. The Labute approximate surface area is 309 Å². The highest BCUT2D eigenvalue weighted by atomic mass is 14.1. The van der Waals surface area contributed by atoms with Crippen LogP contribution in [0.15, 0.2) is 176 Å². The fourth-order valence-corrected chi connectivity index (χ4v) is 5.40. The van der Waals surface area contributed by atoms with E-state index in [1.165, 1.54) is 51.8 Å². The fraction of sp³-hybridized carbons (Fsp3) is 0.176. The van der Waals surface area contributed by atoms with Crippen molar-refractivity contribution in [3.05, 3.63) is 215 Å². The smallest absolute Gasteiger partial charge is 0.0105 e. The molecule has 0 heterocycles. The SMILES string of the molecule is C=C/C=C(C=C)/C(=C\c1ccc(/C(C)=C/c2ccc(C=C(c3ccccc3)c3ccccc3)cc2)cc1)c1ccccc1.CC.CCC(C)CC. The number of rotatable bonds is 12. The second-order valence-electron chi connectivity index (χ2n) is 12.3. The van der Waals surface area contributed by atoms with Crippen molar-refractivity contribution in [3.63, 3.8) is 0 Å². The van der Waals surface area contributed by atoms with Crippen LogP contribution in [-0.4, -0.2) is 0 Å². The first-order chi connectivity index (χ1) is 24.9. The van der Waals surface area contributed by atoms with Gasteiger partial charge in [-0.15, -0.1) is 0 Å². The van der Waals surface area contributed by atoms with E-state index in [1.807, 2.05) is 32.1 Å². The van der Waals surface area contributed by atoms with E-state index < -0.39 is 0 Å². The summed E-state index contributed by atoms with van der Waals surface area (Å²) in [5.41, 5.74) is 12.8. The Morgan fingerprint density at radius 1 is 0.529 bits per heavy atom. The molecule has 0 radical (unpaired) electrons. The maximum absolute atomic E-state index is 4.02. The summed E-state index contributed by atoms with van der Waals surface area (Å²) in [5, 5.41) is 0. The van der Waals surface area contributed by atoms with Crippen molar-refractivity contribution < 1.29 is 0 Å². The van der Waals surface area contributed by atoms with Gasteiger partial charge in [0.1, 0.15) is 0 Å². The lowest BCUT2D eigenvalue weighted by Gasteiger charge is -2.10.